The molecule has 0 spiro atoms. The first-order chi connectivity index (χ1) is 8.84. The molecule has 0 aliphatic rings. The van der Waals surface area contributed by atoms with Gasteiger partial charge in [-0.2, -0.15) is 0 Å². The summed E-state index contributed by atoms with van der Waals surface area (Å²) in [6.45, 7) is 3.35. The molecule has 0 fully saturated rings. The molecule has 6 nitrogen and oxygen atoms in total. The number of nitrogens with zero attached hydrogens (tertiary/aromatic N) is 1. The zero-order valence-corrected chi connectivity index (χ0v) is 12.3. The predicted molar refractivity (Wildman–Crippen MR) is 75.3 cm³/mol. The third kappa shape index (κ3) is 5.44. The molecule has 0 saturated carbocycles. The highest BCUT2D eigenvalue weighted by molar-refractivity contribution is 7.91. The van der Waals surface area contributed by atoms with Gasteiger partial charge in [-0.1, -0.05) is 18.5 Å². The summed E-state index contributed by atoms with van der Waals surface area (Å²) < 4.78 is 22.5. The number of hydrogen-bond acceptors (Lipinski definition) is 4. The summed E-state index contributed by atoms with van der Waals surface area (Å²) in [4.78, 5) is 15.5. The number of pyridine rings is 1. The molecule has 0 aromatic carbocycles. The van der Waals surface area contributed by atoms with Crippen LogP contribution < -0.4 is 10.6 Å². The molecule has 8 heteroatoms. The summed E-state index contributed by atoms with van der Waals surface area (Å²) in [6.07, 6.45) is 0. The van der Waals surface area contributed by atoms with E-state index in [4.69, 9.17) is 11.6 Å². The van der Waals surface area contributed by atoms with Gasteiger partial charge in [-0.25, -0.2) is 18.2 Å². The Morgan fingerprint density at radius 2 is 2.11 bits per heavy atom. The minimum absolute atomic E-state index is 0.0660. The van der Waals surface area contributed by atoms with Crippen LogP contribution in [-0.2, 0) is 9.84 Å². The molecule has 1 aromatic rings. The molecule has 2 amide bonds. The Balaban J connectivity index is 2.48. The van der Waals surface area contributed by atoms with E-state index >= 15 is 0 Å². The Morgan fingerprint density at radius 1 is 1.42 bits per heavy atom. The van der Waals surface area contributed by atoms with Gasteiger partial charge >= 0.3 is 6.03 Å². The van der Waals surface area contributed by atoms with E-state index in [1.54, 1.807) is 26.0 Å². The van der Waals surface area contributed by atoms with E-state index in [-0.39, 0.29) is 18.1 Å². The van der Waals surface area contributed by atoms with Crippen LogP contribution in [0.25, 0.3) is 0 Å². The van der Waals surface area contributed by atoms with Crippen molar-refractivity contribution >= 4 is 33.2 Å². The molecule has 2 N–H and O–H groups in total. The summed E-state index contributed by atoms with van der Waals surface area (Å²) in [5.41, 5.74) is 1.11. The molecule has 0 radical (unpaired) electrons. The predicted octanol–water partition coefficient (Wildman–Crippen LogP) is 1.60. The fourth-order valence-corrected chi connectivity index (χ4v) is 2.18. The number of carbonyl (C=O) groups excluding carboxylic acids is 1. The van der Waals surface area contributed by atoms with E-state index in [2.05, 4.69) is 15.6 Å². The van der Waals surface area contributed by atoms with Crippen molar-refractivity contribution < 1.29 is 13.2 Å². The second-order valence-corrected chi connectivity index (χ2v) is 6.74. The maximum atomic E-state index is 11.5. The smallest absolute Gasteiger partial charge is 0.319 e. The SMILES string of the molecule is CCS(=O)(=O)CCNC(=O)Nc1ccc(Cl)nc1C. The summed E-state index contributed by atoms with van der Waals surface area (Å²) >= 11 is 5.70. The Bertz CT molecular complexity index is 560. The van der Waals surface area contributed by atoms with Crippen LogP contribution in [0.3, 0.4) is 0 Å². The first-order valence-electron chi connectivity index (χ1n) is 5.72. The average molecular weight is 306 g/mol. The molecule has 0 saturated heterocycles. The van der Waals surface area contributed by atoms with Crippen molar-refractivity contribution in [2.45, 2.75) is 13.8 Å². The van der Waals surface area contributed by atoms with Gasteiger partial charge in [0.1, 0.15) is 5.15 Å². The minimum atomic E-state index is -3.07. The number of rotatable bonds is 5. The van der Waals surface area contributed by atoms with Crippen LogP contribution in [0.2, 0.25) is 5.15 Å². The standard InChI is InChI=1S/C11H16ClN3O3S/c1-3-19(17,18)7-6-13-11(16)15-9-4-5-10(12)14-8(9)2/h4-5H,3,6-7H2,1-2H3,(H2,13,15,16). The zero-order chi connectivity index (χ0) is 14.5. The molecule has 1 aromatic heterocycles. The fourth-order valence-electron chi connectivity index (χ4n) is 1.29. The second kappa shape index (κ2) is 6.72. The molecule has 1 rings (SSSR count). The van der Waals surface area contributed by atoms with Crippen molar-refractivity contribution in [2.24, 2.45) is 0 Å². The van der Waals surface area contributed by atoms with Crippen LogP contribution in [-0.4, -0.2) is 37.5 Å². The lowest BCUT2D eigenvalue weighted by Gasteiger charge is -2.09. The number of aromatic nitrogens is 1. The molecule has 0 aliphatic carbocycles. The van der Waals surface area contributed by atoms with Gasteiger partial charge in [-0.3, -0.25) is 0 Å². The normalized spacial score (nSPS) is 11.1. The van der Waals surface area contributed by atoms with E-state index < -0.39 is 15.9 Å². The van der Waals surface area contributed by atoms with Crippen molar-refractivity contribution in [3.8, 4) is 0 Å². The van der Waals surface area contributed by atoms with Crippen LogP contribution >= 0.6 is 11.6 Å². The molecule has 0 unspecified atom stereocenters. The molecular formula is C11H16ClN3O3S. The molecule has 0 bridgehead atoms. The lowest BCUT2D eigenvalue weighted by Crippen LogP contribution is -2.33. The second-order valence-electron chi connectivity index (χ2n) is 3.88. The molecular weight excluding hydrogens is 290 g/mol. The van der Waals surface area contributed by atoms with Gasteiger partial charge in [0.15, 0.2) is 9.84 Å². The van der Waals surface area contributed by atoms with Gasteiger partial charge in [0.2, 0.25) is 0 Å². The highest BCUT2D eigenvalue weighted by Gasteiger charge is 2.09. The maximum absolute atomic E-state index is 11.5. The summed E-state index contributed by atoms with van der Waals surface area (Å²) in [5, 5.41) is 5.39. The first kappa shape index (κ1) is 15.7. The first-order valence-corrected chi connectivity index (χ1v) is 7.92. The topological polar surface area (TPSA) is 88.2 Å². The van der Waals surface area contributed by atoms with Crippen molar-refractivity contribution in [2.75, 3.05) is 23.4 Å². The van der Waals surface area contributed by atoms with E-state index in [0.29, 0.717) is 16.5 Å². The summed E-state index contributed by atoms with van der Waals surface area (Å²) in [5.74, 6) is -0.00865. The zero-order valence-electron chi connectivity index (χ0n) is 10.7. The quantitative estimate of drug-likeness (QED) is 0.809. The van der Waals surface area contributed by atoms with Gasteiger partial charge in [0, 0.05) is 12.3 Å². The number of anilines is 1. The van der Waals surface area contributed by atoms with Gasteiger partial charge in [-0.05, 0) is 19.1 Å². The van der Waals surface area contributed by atoms with Crippen molar-refractivity contribution in [1.82, 2.24) is 10.3 Å². The molecule has 1 heterocycles. The number of carbonyl (C=O) groups is 1. The number of aryl methyl sites for hydroxylation is 1. The van der Waals surface area contributed by atoms with Gasteiger partial charge in [-0.15, -0.1) is 0 Å². The van der Waals surface area contributed by atoms with Crippen LogP contribution in [0.1, 0.15) is 12.6 Å². The highest BCUT2D eigenvalue weighted by Crippen LogP contribution is 2.15. The van der Waals surface area contributed by atoms with Crippen molar-refractivity contribution in [1.29, 1.82) is 0 Å². The monoisotopic (exact) mass is 305 g/mol. The third-order valence-corrected chi connectivity index (χ3v) is 4.35. The van der Waals surface area contributed by atoms with E-state index in [1.807, 2.05) is 0 Å². The number of hydrogen-bond donors (Lipinski definition) is 2. The summed E-state index contributed by atoms with van der Waals surface area (Å²) in [6, 6.07) is 2.72. The van der Waals surface area contributed by atoms with Gasteiger partial charge < -0.3 is 10.6 Å². The molecule has 0 atom stereocenters. The van der Waals surface area contributed by atoms with Crippen molar-refractivity contribution in [3.63, 3.8) is 0 Å². The Kier molecular flexibility index (Phi) is 5.56. The van der Waals surface area contributed by atoms with Crippen LogP contribution in [0.15, 0.2) is 12.1 Å². The minimum Gasteiger partial charge on any atom is -0.337 e. The number of urea groups is 1. The Labute approximate surface area is 117 Å². The number of sulfone groups is 1. The summed E-state index contributed by atoms with van der Waals surface area (Å²) in [7, 11) is -3.07. The van der Waals surface area contributed by atoms with Crippen LogP contribution in [0.5, 0.6) is 0 Å². The number of halogens is 1. The van der Waals surface area contributed by atoms with E-state index in [9.17, 15) is 13.2 Å². The van der Waals surface area contributed by atoms with E-state index in [1.165, 1.54) is 0 Å². The maximum Gasteiger partial charge on any atom is 0.319 e. The Hall–Kier alpha value is -1.34. The highest BCUT2D eigenvalue weighted by atomic mass is 35.5. The van der Waals surface area contributed by atoms with Crippen LogP contribution in [0.4, 0.5) is 10.5 Å². The molecule has 106 valence electrons. The molecule has 0 aliphatic heterocycles. The third-order valence-electron chi connectivity index (χ3n) is 2.44. The van der Waals surface area contributed by atoms with Gasteiger partial charge in [0.25, 0.3) is 0 Å². The Morgan fingerprint density at radius 3 is 2.68 bits per heavy atom. The molecule has 19 heavy (non-hydrogen) atoms. The largest absolute Gasteiger partial charge is 0.337 e. The lowest BCUT2D eigenvalue weighted by molar-refractivity contribution is 0.252. The van der Waals surface area contributed by atoms with Gasteiger partial charge in [0.05, 0.1) is 17.1 Å². The fraction of sp³-hybridized carbons (Fsp3) is 0.455. The van der Waals surface area contributed by atoms with Crippen LogP contribution in [0, 0.1) is 6.92 Å². The van der Waals surface area contributed by atoms with Crippen molar-refractivity contribution in [3.05, 3.63) is 23.0 Å². The van der Waals surface area contributed by atoms with E-state index in [0.717, 1.165) is 0 Å². The lowest BCUT2D eigenvalue weighted by atomic mass is 10.3. The number of amides is 2. The number of nitrogens with one attached hydrogen (secondary N) is 2. The average Bonchev–Trinajstić information content (AvgIpc) is 2.32.